The summed E-state index contributed by atoms with van der Waals surface area (Å²) in [6.45, 7) is 0. The van der Waals surface area contributed by atoms with Gasteiger partial charge in [0.05, 0.1) is 16.4 Å². The third kappa shape index (κ3) is 2.87. The van der Waals surface area contributed by atoms with Gasteiger partial charge in [0, 0.05) is 6.04 Å². The van der Waals surface area contributed by atoms with Crippen molar-refractivity contribution in [2.45, 2.75) is 12.5 Å². The summed E-state index contributed by atoms with van der Waals surface area (Å²) in [4.78, 5) is 21.2. The van der Waals surface area contributed by atoms with Crippen molar-refractivity contribution in [3.8, 4) is 0 Å². The molecule has 0 amide bonds. The number of hydrogen-bond acceptors (Lipinski definition) is 6. The van der Waals surface area contributed by atoms with Crippen molar-refractivity contribution in [3.05, 3.63) is 33.9 Å². The lowest BCUT2D eigenvalue weighted by atomic mass is 10.1. The average molecular weight is 300 g/mol. The summed E-state index contributed by atoms with van der Waals surface area (Å²) in [6, 6.07) is 3.44. The molecule has 1 unspecified atom stereocenters. The van der Waals surface area contributed by atoms with Gasteiger partial charge in [-0.05, 0) is 18.6 Å². The lowest BCUT2D eigenvalue weighted by molar-refractivity contribution is -0.384. The van der Waals surface area contributed by atoms with E-state index in [1.54, 1.807) is 0 Å². The molecule has 1 aliphatic rings. The van der Waals surface area contributed by atoms with Crippen LogP contribution in [0.3, 0.4) is 0 Å². The molecule has 108 valence electrons. The van der Waals surface area contributed by atoms with Crippen molar-refractivity contribution in [2.24, 2.45) is 0 Å². The maximum absolute atomic E-state index is 11.4. The number of anilines is 1. The van der Waals surface area contributed by atoms with Crippen LogP contribution in [0.1, 0.15) is 16.8 Å². The lowest BCUT2D eigenvalue weighted by Gasteiger charge is -2.13. The van der Waals surface area contributed by atoms with Crippen molar-refractivity contribution in [2.75, 3.05) is 16.8 Å². The molecule has 1 aliphatic heterocycles. The Morgan fingerprint density at radius 1 is 1.45 bits per heavy atom. The second-order valence-electron chi connectivity index (χ2n) is 4.51. The van der Waals surface area contributed by atoms with Crippen molar-refractivity contribution >= 4 is 27.2 Å². The Balaban J connectivity index is 2.35. The minimum Gasteiger partial charge on any atom is -0.477 e. The number of rotatable bonds is 4. The summed E-state index contributed by atoms with van der Waals surface area (Å²) in [5.41, 5.74) is -0.956. The van der Waals surface area contributed by atoms with Gasteiger partial charge >= 0.3 is 11.7 Å². The van der Waals surface area contributed by atoms with Gasteiger partial charge in [-0.15, -0.1) is 0 Å². The van der Waals surface area contributed by atoms with E-state index < -0.39 is 38.0 Å². The van der Waals surface area contributed by atoms with Crippen LogP contribution in [0.2, 0.25) is 0 Å². The van der Waals surface area contributed by atoms with E-state index >= 15 is 0 Å². The van der Waals surface area contributed by atoms with Gasteiger partial charge in [-0.1, -0.05) is 6.07 Å². The molecule has 0 aromatic heterocycles. The summed E-state index contributed by atoms with van der Waals surface area (Å²) in [7, 11) is -3.12. The highest BCUT2D eigenvalue weighted by molar-refractivity contribution is 7.91. The molecule has 9 heteroatoms. The standard InChI is InChI=1S/C11H12N2O6S/c14-11(15)8-2-1-3-9(10(8)13(16)17)12-7-4-5-20(18,19)6-7/h1-3,7,12H,4-6H2,(H,14,15). The Morgan fingerprint density at radius 3 is 2.65 bits per heavy atom. The number of carboxylic acids is 1. The average Bonchev–Trinajstić information content (AvgIpc) is 2.68. The van der Waals surface area contributed by atoms with Crippen molar-refractivity contribution in [3.63, 3.8) is 0 Å². The highest BCUT2D eigenvalue weighted by Gasteiger charge is 2.31. The van der Waals surface area contributed by atoms with Gasteiger partial charge in [0.25, 0.3) is 0 Å². The lowest BCUT2D eigenvalue weighted by Crippen LogP contribution is -2.21. The number of hydrogen-bond donors (Lipinski definition) is 2. The van der Waals surface area contributed by atoms with E-state index in [1.807, 2.05) is 0 Å². The van der Waals surface area contributed by atoms with Crippen molar-refractivity contribution in [1.29, 1.82) is 0 Å². The predicted molar refractivity (Wildman–Crippen MR) is 70.7 cm³/mol. The van der Waals surface area contributed by atoms with Crippen molar-refractivity contribution < 1.29 is 23.2 Å². The van der Waals surface area contributed by atoms with Crippen LogP contribution < -0.4 is 5.32 Å². The van der Waals surface area contributed by atoms with Crippen LogP contribution in [0.15, 0.2) is 18.2 Å². The molecule has 2 N–H and O–H groups in total. The molecular weight excluding hydrogens is 288 g/mol. The zero-order chi connectivity index (χ0) is 14.9. The molecule has 1 aromatic rings. The van der Waals surface area contributed by atoms with Crippen LogP contribution in [0.4, 0.5) is 11.4 Å². The van der Waals surface area contributed by atoms with E-state index in [9.17, 15) is 23.3 Å². The van der Waals surface area contributed by atoms with Crippen LogP contribution in [0.25, 0.3) is 0 Å². The fraction of sp³-hybridized carbons (Fsp3) is 0.364. The van der Waals surface area contributed by atoms with Gasteiger partial charge in [0.1, 0.15) is 11.3 Å². The Kier molecular flexibility index (Phi) is 3.62. The monoisotopic (exact) mass is 300 g/mol. The van der Waals surface area contributed by atoms with E-state index in [4.69, 9.17) is 5.11 Å². The molecule has 1 fully saturated rings. The molecule has 0 radical (unpaired) electrons. The van der Waals surface area contributed by atoms with Gasteiger partial charge < -0.3 is 10.4 Å². The predicted octanol–water partition coefficient (Wildman–Crippen LogP) is 0.892. The number of nitro benzene ring substituents is 1. The van der Waals surface area contributed by atoms with Crippen LogP contribution in [-0.2, 0) is 9.84 Å². The maximum Gasteiger partial charge on any atom is 0.342 e. The molecule has 1 saturated heterocycles. The Bertz CT molecular complexity index is 669. The van der Waals surface area contributed by atoms with Gasteiger partial charge in [-0.2, -0.15) is 0 Å². The summed E-state index contributed by atoms with van der Waals surface area (Å²) in [5.74, 6) is -1.49. The molecule has 1 aromatic carbocycles. The van der Waals surface area contributed by atoms with Crippen LogP contribution in [0.5, 0.6) is 0 Å². The first-order chi connectivity index (χ1) is 9.30. The van der Waals surface area contributed by atoms with E-state index in [0.717, 1.165) is 6.07 Å². The first-order valence-corrected chi connectivity index (χ1v) is 7.60. The fourth-order valence-electron chi connectivity index (χ4n) is 2.16. The number of carboxylic acid groups (broad SMARTS) is 1. The summed E-state index contributed by atoms with van der Waals surface area (Å²) < 4.78 is 22.7. The minimum absolute atomic E-state index is 0.0249. The molecule has 0 saturated carbocycles. The van der Waals surface area contributed by atoms with E-state index in [0.29, 0.717) is 6.42 Å². The SMILES string of the molecule is O=C(O)c1cccc(NC2CCS(=O)(=O)C2)c1[N+](=O)[O-]. The molecular formula is C11H12N2O6S. The smallest absolute Gasteiger partial charge is 0.342 e. The second kappa shape index (κ2) is 5.08. The normalized spacial score (nSPS) is 20.5. The molecule has 1 atom stereocenters. The van der Waals surface area contributed by atoms with E-state index in [-0.39, 0.29) is 17.2 Å². The molecule has 8 nitrogen and oxygen atoms in total. The molecule has 0 aliphatic carbocycles. The number of carbonyl (C=O) groups is 1. The van der Waals surface area contributed by atoms with Crippen molar-refractivity contribution in [1.82, 2.24) is 0 Å². The van der Waals surface area contributed by atoms with Gasteiger partial charge in [-0.25, -0.2) is 13.2 Å². The van der Waals surface area contributed by atoms with Gasteiger partial charge in [-0.3, -0.25) is 10.1 Å². The number of nitrogens with zero attached hydrogens (tertiary/aromatic N) is 1. The number of para-hydroxylation sites is 1. The zero-order valence-electron chi connectivity index (χ0n) is 10.3. The van der Waals surface area contributed by atoms with Crippen LogP contribution >= 0.6 is 0 Å². The topological polar surface area (TPSA) is 127 Å². The second-order valence-corrected chi connectivity index (χ2v) is 6.74. The number of nitrogens with one attached hydrogen (secondary N) is 1. The Morgan fingerprint density at radius 2 is 2.15 bits per heavy atom. The van der Waals surface area contributed by atoms with Gasteiger partial charge in [0.2, 0.25) is 0 Å². The number of benzene rings is 1. The third-order valence-electron chi connectivity index (χ3n) is 3.04. The molecule has 0 spiro atoms. The zero-order valence-corrected chi connectivity index (χ0v) is 11.1. The van der Waals surface area contributed by atoms with Crippen LogP contribution in [-0.4, -0.2) is 42.0 Å². The first-order valence-electron chi connectivity index (χ1n) is 5.78. The summed E-state index contributed by atoms with van der Waals surface area (Å²) >= 11 is 0. The minimum atomic E-state index is -3.12. The highest BCUT2D eigenvalue weighted by atomic mass is 32.2. The molecule has 0 bridgehead atoms. The van der Waals surface area contributed by atoms with Gasteiger partial charge in [0.15, 0.2) is 9.84 Å². The summed E-state index contributed by atoms with van der Waals surface area (Å²) in [5, 5.41) is 22.7. The number of nitro groups is 1. The molecule has 20 heavy (non-hydrogen) atoms. The number of aromatic carboxylic acids is 1. The van der Waals surface area contributed by atoms with E-state index in [1.165, 1.54) is 12.1 Å². The fourth-order valence-corrected chi connectivity index (χ4v) is 3.83. The Labute approximate surface area is 114 Å². The van der Waals surface area contributed by atoms with E-state index in [2.05, 4.69) is 5.32 Å². The number of sulfone groups is 1. The summed E-state index contributed by atoms with van der Waals surface area (Å²) in [6.07, 6.45) is 0.344. The highest BCUT2D eigenvalue weighted by Crippen LogP contribution is 2.30. The molecule has 1 heterocycles. The first kappa shape index (κ1) is 14.3. The largest absolute Gasteiger partial charge is 0.477 e. The molecule has 2 rings (SSSR count). The van der Waals surface area contributed by atoms with Crippen LogP contribution in [0, 0.1) is 10.1 Å². The quantitative estimate of drug-likeness (QED) is 0.624. The Hall–Kier alpha value is -2.16. The maximum atomic E-state index is 11.4. The third-order valence-corrected chi connectivity index (χ3v) is 4.81.